The van der Waals surface area contributed by atoms with Crippen molar-refractivity contribution in [3.05, 3.63) is 42.1 Å². The van der Waals surface area contributed by atoms with Crippen molar-refractivity contribution in [1.29, 1.82) is 0 Å². The van der Waals surface area contributed by atoms with E-state index in [1.807, 2.05) is 71.2 Å². The van der Waals surface area contributed by atoms with E-state index in [-0.39, 0.29) is 11.3 Å². The molecule has 0 aromatic heterocycles. The molecular weight excluding hydrogens is 312 g/mol. The van der Waals surface area contributed by atoms with Gasteiger partial charge in [-0.2, -0.15) is 0 Å². The standard InChI is InChI=1S/C17H26N2O2.2C2H6/c1-5-10-18-12-17(3,4)13-21-11-15-6-8-16(9-7-15)19-14(2)20;2*1-2/h5-10,18H,11-13H2,1-4H3,(H,19,20);2*1-2H3/b10-5+;;. The van der Waals surface area contributed by atoms with Gasteiger partial charge in [-0.3, -0.25) is 4.79 Å². The van der Waals surface area contributed by atoms with Crippen LogP contribution in [0, 0.1) is 5.41 Å². The maximum atomic E-state index is 10.9. The van der Waals surface area contributed by atoms with Gasteiger partial charge in [-0.25, -0.2) is 0 Å². The molecule has 0 radical (unpaired) electrons. The molecule has 1 rings (SSSR count). The molecule has 1 amide bonds. The van der Waals surface area contributed by atoms with E-state index in [9.17, 15) is 4.79 Å². The molecule has 0 aliphatic heterocycles. The van der Waals surface area contributed by atoms with Crippen LogP contribution < -0.4 is 10.6 Å². The van der Waals surface area contributed by atoms with Crippen molar-refractivity contribution in [2.45, 2.75) is 62.0 Å². The topological polar surface area (TPSA) is 50.4 Å². The molecule has 4 nitrogen and oxygen atoms in total. The van der Waals surface area contributed by atoms with Crippen molar-refractivity contribution >= 4 is 11.6 Å². The van der Waals surface area contributed by atoms with Crippen LogP contribution in [0.25, 0.3) is 0 Å². The van der Waals surface area contributed by atoms with Gasteiger partial charge >= 0.3 is 0 Å². The molecule has 0 heterocycles. The third-order valence-corrected chi connectivity index (χ3v) is 2.90. The zero-order chi connectivity index (χ0) is 19.7. The van der Waals surface area contributed by atoms with E-state index >= 15 is 0 Å². The minimum absolute atomic E-state index is 0.0608. The van der Waals surface area contributed by atoms with Crippen LogP contribution in [0.1, 0.15) is 61.0 Å². The highest BCUT2D eigenvalue weighted by molar-refractivity contribution is 5.88. The molecule has 144 valence electrons. The zero-order valence-electron chi connectivity index (χ0n) is 17.4. The van der Waals surface area contributed by atoms with E-state index in [1.165, 1.54) is 6.92 Å². The van der Waals surface area contributed by atoms with Crippen LogP contribution >= 0.6 is 0 Å². The lowest BCUT2D eigenvalue weighted by atomic mass is 9.95. The van der Waals surface area contributed by atoms with E-state index in [1.54, 1.807) is 0 Å². The molecular formula is C21H38N2O2. The molecule has 1 aromatic carbocycles. The van der Waals surface area contributed by atoms with Crippen LogP contribution in [0.5, 0.6) is 0 Å². The number of carbonyl (C=O) groups excluding carboxylic acids is 1. The first-order valence-corrected chi connectivity index (χ1v) is 9.22. The highest BCUT2D eigenvalue weighted by Crippen LogP contribution is 2.16. The summed E-state index contributed by atoms with van der Waals surface area (Å²) in [6.07, 6.45) is 3.93. The Morgan fingerprint density at radius 1 is 1.12 bits per heavy atom. The predicted octanol–water partition coefficient (Wildman–Crippen LogP) is 5.36. The molecule has 0 aliphatic carbocycles. The van der Waals surface area contributed by atoms with Crippen molar-refractivity contribution in [3.8, 4) is 0 Å². The molecule has 0 saturated heterocycles. The second-order valence-corrected chi connectivity index (χ2v) is 5.92. The number of benzene rings is 1. The van der Waals surface area contributed by atoms with Crippen molar-refractivity contribution < 1.29 is 9.53 Å². The van der Waals surface area contributed by atoms with Crippen LogP contribution in [0.2, 0.25) is 0 Å². The van der Waals surface area contributed by atoms with E-state index in [0.29, 0.717) is 13.2 Å². The summed E-state index contributed by atoms with van der Waals surface area (Å²) in [7, 11) is 0. The van der Waals surface area contributed by atoms with Gasteiger partial charge in [0.2, 0.25) is 5.91 Å². The quantitative estimate of drug-likeness (QED) is 0.663. The average Bonchev–Trinajstić information content (AvgIpc) is 2.59. The summed E-state index contributed by atoms with van der Waals surface area (Å²) in [6, 6.07) is 7.71. The maximum absolute atomic E-state index is 10.9. The molecule has 0 atom stereocenters. The number of carbonyl (C=O) groups is 1. The molecule has 0 fully saturated rings. The molecule has 2 N–H and O–H groups in total. The highest BCUT2D eigenvalue weighted by atomic mass is 16.5. The molecule has 4 heteroatoms. The number of anilines is 1. The van der Waals surface area contributed by atoms with Crippen LogP contribution in [-0.4, -0.2) is 19.1 Å². The smallest absolute Gasteiger partial charge is 0.221 e. The number of ether oxygens (including phenoxy) is 1. The lowest BCUT2D eigenvalue weighted by molar-refractivity contribution is -0.114. The lowest BCUT2D eigenvalue weighted by Crippen LogP contribution is -2.30. The molecule has 0 spiro atoms. The van der Waals surface area contributed by atoms with Crippen molar-refractivity contribution in [2.75, 3.05) is 18.5 Å². The molecule has 0 unspecified atom stereocenters. The Hall–Kier alpha value is -1.81. The number of rotatable bonds is 8. The van der Waals surface area contributed by atoms with Gasteiger partial charge in [-0.1, -0.05) is 59.8 Å². The summed E-state index contributed by atoms with van der Waals surface area (Å²) >= 11 is 0. The van der Waals surface area contributed by atoms with Gasteiger partial charge in [0.15, 0.2) is 0 Å². The van der Waals surface area contributed by atoms with E-state index in [0.717, 1.165) is 17.8 Å². The summed E-state index contributed by atoms with van der Waals surface area (Å²) in [5, 5.41) is 6.00. The van der Waals surface area contributed by atoms with Gasteiger partial charge < -0.3 is 15.4 Å². The minimum atomic E-state index is -0.0608. The van der Waals surface area contributed by atoms with E-state index < -0.39 is 0 Å². The van der Waals surface area contributed by atoms with Gasteiger partial charge in [0, 0.05) is 24.6 Å². The SMILES string of the molecule is C/C=C/NCC(C)(C)COCc1ccc(NC(C)=O)cc1.CC.CC. The number of nitrogens with one attached hydrogen (secondary N) is 2. The Labute approximate surface area is 155 Å². The fraction of sp³-hybridized carbons (Fsp3) is 0.571. The number of hydrogen-bond donors (Lipinski definition) is 2. The van der Waals surface area contributed by atoms with Gasteiger partial charge in [0.05, 0.1) is 13.2 Å². The van der Waals surface area contributed by atoms with Gasteiger partial charge in [0.1, 0.15) is 0 Å². The van der Waals surface area contributed by atoms with Crippen LogP contribution in [0.3, 0.4) is 0 Å². The van der Waals surface area contributed by atoms with Crippen LogP contribution in [-0.2, 0) is 16.1 Å². The molecule has 0 bridgehead atoms. The summed E-state index contributed by atoms with van der Waals surface area (Å²) in [6.45, 7) is 18.0. The highest BCUT2D eigenvalue weighted by Gasteiger charge is 2.17. The van der Waals surface area contributed by atoms with Crippen LogP contribution in [0.15, 0.2) is 36.5 Å². The predicted molar refractivity (Wildman–Crippen MR) is 110 cm³/mol. The number of hydrogen-bond acceptors (Lipinski definition) is 3. The average molecular weight is 351 g/mol. The first-order valence-electron chi connectivity index (χ1n) is 9.22. The van der Waals surface area contributed by atoms with E-state index in [2.05, 4.69) is 24.5 Å². The van der Waals surface area contributed by atoms with Gasteiger partial charge in [-0.15, -0.1) is 0 Å². The maximum Gasteiger partial charge on any atom is 0.221 e. The first-order chi connectivity index (χ1) is 11.9. The fourth-order valence-corrected chi connectivity index (χ4v) is 1.84. The third-order valence-electron chi connectivity index (χ3n) is 2.90. The molecule has 0 aliphatic rings. The summed E-state index contributed by atoms with van der Waals surface area (Å²) < 4.78 is 5.78. The first kappa shape index (κ1) is 25.4. The molecule has 1 aromatic rings. The largest absolute Gasteiger partial charge is 0.391 e. The Balaban J connectivity index is 0. The second kappa shape index (κ2) is 15.7. The van der Waals surface area contributed by atoms with Crippen LogP contribution in [0.4, 0.5) is 5.69 Å². The Morgan fingerprint density at radius 3 is 2.16 bits per heavy atom. The molecule has 0 saturated carbocycles. The van der Waals surface area contributed by atoms with Gasteiger partial charge in [0.25, 0.3) is 0 Å². The summed E-state index contributed by atoms with van der Waals surface area (Å²) in [4.78, 5) is 10.9. The number of amides is 1. The van der Waals surface area contributed by atoms with Crippen molar-refractivity contribution in [1.82, 2.24) is 5.32 Å². The number of allylic oxidation sites excluding steroid dienone is 1. The third kappa shape index (κ3) is 14.3. The van der Waals surface area contributed by atoms with Crippen molar-refractivity contribution in [2.24, 2.45) is 5.41 Å². The second-order valence-electron chi connectivity index (χ2n) is 5.92. The monoisotopic (exact) mass is 350 g/mol. The Bertz CT molecular complexity index is 465. The fourth-order valence-electron chi connectivity index (χ4n) is 1.84. The Morgan fingerprint density at radius 2 is 1.68 bits per heavy atom. The van der Waals surface area contributed by atoms with E-state index in [4.69, 9.17) is 4.74 Å². The van der Waals surface area contributed by atoms with Crippen molar-refractivity contribution in [3.63, 3.8) is 0 Å². The zero-order valence-corrected chi connectivity index (χ0v) is 17.4. The summed E-state index contributed by atoms with van der Waals surface area (Å²) in [5.41, 5.74) is 1.98. The summed E-state index contributed by atoms with van der Waals surface area (Å²) in [5.74, 6) is -0.0608. The minimum Gasteiger partial charge on any atom is -0.391 e. The lowest BCUT2D eigenvalue weighted by Gasteiger charge is -2.24. The Kier molecular flexibility index (Phi) is 16.0. The molecule has 25 heavy (non-hydrogen) atoms. The van der Waals surface area contributed by atoms with Gasteiger partial charge in [-0.05, 0) is 30.8 Å². The normalized spacial score (nSPS) is 10.2.